The van der Waals surface area contributed by atoms with Crippen LogP contribution in [0.5, 0.6) is 0 Å². The number of hydrogen-bond donors (Lipinski definition) is 0. The summed E-state index contributed by atoms with van der Waals surface area (Å²) in [6.07, 6.45) is 3.57. The van der Waals surface area contributed by atoms with Crippen molar-refractivity contribution in [3.05, 3.63) is 29.6 Å². The highest BCUT2D eigenvalue weighted by Gasteiger charge is 2.16. The second kappa shape index (κ2) is 7.41. The standard InChI is InChI=1S/C13H17N3O2/c1-11-10-15-6-4-12(11)13(17)16(7-3-5-14)8-9-18-2/h4,6,10H,3,7-9H2,1-2H3. The molecular formula is C13H17N3O2. The van der Waals surface area contributed by atoms with E-state index in [-0.39, 0.29) is 5.91 Å². The Labute approximate surface area is 107 Å². The maximum atomic E-state index is 12.3. The van der Waals surface area contributed by atoms with Crippen LogP contribution in [-0.2, 0) is 4.74 Å². The van der Waals surface area contributed by atoms with E-state index in [0.717, 1.165) is 5.56 Å². The lowest BCUT2D eigenvalue weighted by Gasteiger charge is -2.21. The van der Waals surface area contributed by atoms with Crippen LogP contribution < -0.4 is 0 Å². The minimum Gasteiger partial charge on any atom is -0.383 e. The Balaban J connectivity index is 2.81. The molecular weight excluding hydrogens is 230 g/mol. The summed E-state index contributed by atoms with van der Waals surface area (Å²) >= 11 is 0. The molecule has 0 saturated carbocycles. The largest absolute Gasteiger partial charge is 0.383 e. The Hall–Kier alpha value is -1.93. The normalized spacial score (nSPS) is 9.83. The van der Waals surface area contributed by atoms with Gasteiger partial charge in [0.1, 0.15) is 0 Å². The number of pyridine rings is 1. The second-order valence-electron chi connectivity index (χ2n) is 3.88. The molecule has 5 nitrogen and oxygen atoms in total. The number of nitrogens with zero attached hydrogens (tertiary/aromatic N) is 3. The first-order chi connectivity index (χ1) is 8.70. The van der Waals surface area contributed by atoms with Gasteiger partial charge in [-0.2, -0.15) is 5.26 Å². The third-order valence-electron chi connectivity index (χ3n) is 2.60. The van der Waals surface area contributed by atoms with Gasteiger partial charge in [0.05, 0.1) is 19.1 Å². The Bertz CT molecular complexity index is 440. The molecule has 0 spiro atoms. The fourth-order valence-corrected chi connectivity index (χ4v) is 1.59. The Morgan fingerprint density at radius 1 is 1.56 bits per heavy atom. The molecule has 0 aliphatic carbocycles. The van der Waals surface area contributed by atoms with Gasteiger partial charge in [0.2, 0.25) is 0 Å². The lowest BCUT2D eigenvalue weighted by Crippen LogP contribution is -2.35. The summed E-state index contributed by atoms with van der Waals surface area (Å²) in [5, 5.41) is 8.62. The van der Waals surface area contributed by atoms with Crippen LogP contribution in [0, 0.1) is 18.3 Å². The van der Waals surface area contributed by atoms with Crippen LogP contribution >= 0.6 is 0 Å². The fourth-order valence-electron chi connectivity index (χ4n) is 1.59. The molecule has 18 heavy (non-hydrogen) atoms. The first-order valence-corrected chi connectivity index (χ1v) is 5.76. The molecule has 96 valence electrons. The number of rotatable bonds is 6. The molecule has 1 aromatic heterocycles. The molecule has 5 heteroatoms. The van der Waals surface area contributed by atoms with E-state index in [1.165, 1.54) is 0 Å². The summed E-state index contributed by atoms with van der Waals surface area (Å²) in [5.74, 6) is -0.0813. The summed E-state index contributed by atoms with van der Waals surface area (Å²) in [6.45, 7) is 3.21. The van der Waals surface area contributed by atoms with Crippen molar-refractivity contribution in [3.8, 4) is 6.07 Å². The van der Waals surface area contributed by atoms with Gasteiger partial charge in [-0.05, 0) is 18.6 Å². The summed E-state index contributed by atoms with van der Waals surface area (Å²) in [4.78, 5) is 17.9. The lowest BCUT2D eigenvalue weighted by atomic mass is 10.1. The SMILES string of the molecule is COCCN(CCC#N)C(=O)c1ccncc1C. The zero-order chi connectivity index (χ0) is 13.4. The summed E-state index contributed by atoms with van der Waals surface area (Å²) in [5.41, 5.74) is 1.46. The van der Waals surface area contributed by atoms with E-state index in [0.29, 0.717) is 31.7 Å². The van der Waals surface area contributed by atoms with Crippen LogP contribution in [0.1, 0.15) is 22.3 Å². The number of ether oxygens (including phenoxy) is 1. The number of hydrogen-bond acceptors (Lipinski definition) is 4. The molecule has 0 radical (unpaired) electrons. The minimum atomic E-state index is -0.0813. The minimum absolute atomic E-state index is 0.0813. The molecule has 1 amide bonds. The maximum absolute atomic E-state index is 12.3. The third-order valence-corrected chi connectivity index (χ3v) is 2.60. The van der Waals surface area contributed by atoms with Crippen LogP contribution in [0.3, 0.4) is 0 Å². The van der Waals surface area contributed by atoms with E-state index in [9.17, 15) is 4.79 Å². The molecule has 1 heterocycles. The highest BCUT2D eigenvalue weighted by molar-refractivity contribution is 5.95. The Morgan fingerprint density at radius 2 is 2.33 bits per heavy atom. The van der Waals surface area contributed by atoms with E-state index >= 15 is 0 Å². The molecule has 1 rings (SSSR count). The van der Waals surface area contributed by atoms with Gasteiger partial charge in [-0.15, -0.1) is 0 Å². The van der Waals surface area contributed by atoms with Gasteiger partial charge >= 0.3 is 0 Å². The van der Waals surface area contributed by atoms with Crippen molar-refractivity contribution in [2.75, 3.05) is 26.8 Å². The summed E-state index contributed by atoms with van der Waals surface area (Å²) in [6, 6.07) is 3.75. The smallest absolute Gasteiger partial charge is 0.254 e. The fraction of sp³-hybridized carbons (Fsp3) is 0.462. The van der Waals surface area contributed by atoms with E-state index in [1.54, 1.807) is 30.5 Å². The van der Waals surface area contributed by atoms with Gasteiger partial charge in [-0.1, -0.05) is 0 Å². The molecule has 0 aromatic carbocycles. The van der Waals surface area contributed by atoms with Crippen LogP contribution in [0.25, 0.3) is 0 Å². The van der Waals surface area contributed by atoms with Crippen molar-refractivity contribution >= 4 is 5.91 Å². The number of nitriles is 1. The van der Waals surface area contributed by atoms with Crippen molar-refractivity contribution in [2.24, 2.45) is 0 Å². The quantitative estimate of drug-likeness (QED) is 0.762. The van der Waals surface area contributed by atoms with Crippen molar-refractivity contribution in [3.63, 3.8) is 0 Å². The van der Waals surface area contributed by atoms with Crippen LogP contribution in [-0.4, -0.2) is 42.6 Å². The number of carbonyl (C=O) groups is 1. The molecule has 0 aliphatic rings. The molecule has 0 bridgehead atoms. The van der Waals surface area contributed by atoms with Gasteiger partial charge in [0.25, 0.3) is 5.91 Å². The van der Waals surface area contributed by atoms with Gasteiger partial charge in [-0.3, -0.25) is 9.78 Å². The van der Waals surface area contributed by atoms with Gasteiger partial charge < -0.3 is 9.64 Å². The number of carbonyl (C=O) groups excluding carboxylic acids is 1. The maximum Gasteiger partial charge on any atom is 0.254 e. The predicted molar refractivity (Wildman–Crippen MR) is 67.0 cm³/mol. The average Bonchev–Trinajstić information content (AvgIpc) is 2.39. The first kappa shape index (κ1) is 14.1. The lowest BCUT2D eigenvalue weighted by molar-refractivity contribution is 0.0699. The molecule has 0 atom stereocenters. The monoisotopic (exact) mass is 247 g/mol. The van der Waals surface area contributed by atoms with Gasteiger partial charge in [0, 0.05) is 38.2 Å². The summed E-state index contributed by atoms with van der Waals surface area (Å²) in [7, 11) is 1.59. The van der Waals surface area contributed by atoms with E-state index < -0.39 is 0 Å². The van der Waals surface area contributed by atoms with Crippen molar-refractivity contribution in [2.45, 2.75) is 13.3 Å². The Morgan fingerprint density at radius 3 is 2.94 bits per heavy atom. The molecule has 1 aromatic rings. The number of amides is 1. The number of aryl methyl sites for hydroxylation is 1. The molecule has 0 aliphatic heterocycles. The van der Waals surface area contributed by atoms with Crippen molar-refractivity contribution in [1.82, 2.24) is 9.88 Å². The molecule has 0 saturated heterocycles. The van der Waals surface area contributed by atoms with Gasteiger partial charge in [-0.25, -0.2) is 0 Å². The van der Waals surface area contributed by atoms with Crippen LogP contribution in [0.15, 0.2) is 18.5 Å². The second-order valence-corrected chi connectivity index (χ2v) is 3.88. The molecule has 0 fully saturated rings. The van der Waals surface area contributed by atoms with Crippen molar-refractivity contribution < 1.29 is 9.53 Å². The summed E-state index contributed by atoms with van der Waals surface area (Å²) < 4.78 is 4.98. The van der Waals surface area contributed by atoms with Gasteiger partial charge in [0.15, 0.2) is 0 Å². The highest BCUT2D eigenvalue weighted by Crippen LogP contribution is 2.09. The van der Waals surface area contributed by atoms with Crippen LogP contribution in [0.4, 0.5) is 0 Å². The zero-order valence-electron chi connectivity index (χ0n) is 10.7. The third kappa shape index (κ3) is 3.82. The number of aromatic nitrogens is 1. The van der Waals surface area contributed by atoms with Crippen molar-refractivity contribution in [1.29, 1.82) is 5.26 Å². The topological polar surface area (TPSA) is 66.2 Å². The average molecular weight is 247 g/mol. The first-order valence-electron chi connectivity index (χ1n) is 5.76. The predicted octanol–water partition coefficient (Wildman–Crippen LogP) is 1.39. The molecule has 0 N–H and O–H groups in total. The zero-order valence-corrected chi connectivity index (χ0v) is 10.7. The number of methoxy groups -OCH3 is 1. The van der Waals surface area contributed by atoms with E-state index in [1.807, 2.05) is 13.0 Å². The molecule has 0 unspecified atom stereocenters. The highest BCUT2D eigenvalue weighted by atomic mass is 16.5. The van der Waals surface area contributed by atoms with Crippen LogP contribution in [0.2, 0.25) is 0 Å². The van der Waals surface area contributed by atoms with E-state index in [2.05, 4.69) is 4.98 Å². The Kier molecular flexibility index (Phi) is 5.81. The van der Waals surface area contributed by atoms with E-state index in [4.69, 9.17) is 10.00 Å².